The van der Waals surface area contributed by atoms with E-state index in [9.17, 15) is 26.7 Å². The second-order valence-corrected chi connectivity index (χ2v) is 3.92. The number of amides is 1. The first-order valence-electron chi connectivity index (χ1n) is 4.34. The van der Waals surface area contributed by atoms with E-state index < -0.39 is 36.2 Å². The quantitative estimate of drug-likeness (QED) is 0.659. The maximum atomic E-state index is 13.1. The molecule has 0 saturated carbocycles. The molecule has 3 nitrogen and oxygen atoms in total. The fourth-order valence-electron chi connectivity index (χ4n) is 0.912. The molecule has 1 aromatic rings. The van der Waals surface area contributed by atoms with Crippen LogP contribution in [0.4, 0.5) is 32.4 Å². The lowest BCUT2D eigenvalue weighted by atomic mass is 10.3. The van der Waals surface area contributed by atoms with Gasteiger partial charge in [-0.1, -0.05) is 0 Å². The molecule has 0 unspecified atom stereocenters. The van der Waals surface area contributed by atoms with Crippen LogP contribution in [0, 0.1) is 11.6 Å². The van der Waals surface area contributed by atoms with Crippen molar-refractivity contribution in [1.82, 2.24) is 0 Å². The van der Waals surface area contributed by atoms with Crippen molar-refractivity contribution in [3.63, 3.8) is 0 Å². The molecule has 1 N–H and O–H groups in total. The van der Waals surface area contributed by atoms with Gasteiger partial charge in [-0.25, -0.2) is 13.6 Å². The van der Waals surface area contributed by atoms with Crippen LogP contribution in [0.2, 0.25) is 0 Å². The third-order valence-electron chi connectivity index (χ3n) is 1.61. The lowest BCUT2D eigenvalue weighted by Crippen LogP contribution is -2.23. The fourth-order valence-corrected chi connectivity index (χ4v) is 1.26. The molecule has 1 amide bonds. The van der Waals surface area contributed by atoms with Gasteiger partial charge in [-0.3, -0.25) is 5.32 Å². The van der Waals surface area contributed by atoms with Crippen LogP contribution in [0.15, 0.2) is 16.6 Å². The molecule has 1 rings (SSSR count). The molecular weight excluding hydrogens is 329 g/mol. The van der Waals surface area contributed by atoms with Crippen molar-refractivity contribution in [1.29, 1.82) is 0 Å². The Morgan fingerprint density at radius 1 is 1.28 bits per heavy atom. The van der Waals surface area contributed by atoms with E-state index in [0.717, 1.165) is 6.07 Å². The van der Waals surface area contributed by atoms with Gasteiger partial charge in [0.2, 0.25) is 0 Å². The van der Waals surface area contributed by atoms with Crippen LogP contribution in [-0.2, 0) is 4.74 Å². The summed E-state index contributed by atoms with van der Waals surface area (Å²) in [5, 5.41) is 1.72. The zero-order chi connectivity index (χ0) is 13.9. The molecule has 0 fully saturated rings. The summed E-state index contributed by atoms with van der Waals surface area (Å²) in [4.78, 5) is 10.9. The molecule has 9 heteroatoms. The van der Waals surface area contributed by atoms with Crippen LogP contribution in [0.5, 0.6) is 0 Å². The number of alkyl halides is 3. The molecule has 0 spiro atoms. The van der Waals surface area contributed by atoms with Crippen molar-refractivity contribution in [3.8, 4) is 0 Å². The van der Waals surface area contributed by atoms with Crippen LogP contribution in [0.25, 0.3) is 0 Å². The van der Waals surface area contributed by atoms with Gasteiger partial charge in [0.25, 0.3) is 0 Å². The van der Waals surface area contributed by atoms with Crippen LogP contribution in [0.3, 0.4) is 0 Å². The van der Waals surface area contributed by atoms with E-state index in [4.69, 9.17) is 0 Å². The predicted molar refractivity (Wildman–Crippen MR) is 55.1 cm³/mol. The lowest BCUT2D eigenvalue weighted by Gasteiger charge is -2.10. The topological polar surface area (TPSA) is 38.3 Å². The van der Waals surface area contributed by atoms with Gasteiger partial charge in [0.15, 0.2) is 6.61 Å². The van der Waals surface area contributed by atoms with Gasteiger partial charge in [0, 0.05) is 6.07 Å². The minimum absolute atomic E-state index is 0.157. The van der Waals surface area contributed by atoms with E-state index in [1.807, 2.05) is 0 Å². The van der Waals surface area contributed by atoms with Gasteiger partial charge in [0.05, 0.1) is 10.2 Å². The highest BCUT2D eigenvalue weighted by Crippen LogP contribution is 2.24. The zero-order valence-electron chi connectivity index (χ0n) is 8.45. The van der Waals surface area contributed by atoms with Crippen molar-refractivity contribution in [3.05, 3.63) is 28.2 Å². The number of hydrogen-bond donors (Lipinski definition) is 1. The van der Waals surface area contributed by atoms with E-state index in [-0.39, 0.29) is 4.47 Å². The Bertz CT molecular complexity index is 463. The number of anilines is 1. The van der Waals surface area contributed by atoms with Crippen molar-refractivity contribution in [2.75, 3.05) is 11.9 Å². The Balaban J connectivity index is 2.68. The summed E-state index contributed by atoms with van der Waals surface area (Å²) in [6.45, 7) is -1.80. The van der Waals surface area contributed by atoms with Crippen LogP contribution >= 0.6 is 15.9 Å². The molecule has 0 aliphatic rings. The number of nitrogens with one attached hydrogen (secondary N) is 1. The van der Waals surface area contributed by atoms with Crippen molar-refractivity contribution in [2.24, 2.45) is 0 Å². The first-order chi connectivity index (χ1) is 8.19. The molecule has 0 aliphatic carbocycles. The van der Waals surface area contributed by atoms with Gasteiger partial charge in [0.1, 0.15) is 11.6 Å². The average molecular weight is 334 g/mol. The summed E-state index contributed by atoms with van der Waals surface area (Å²) in [7, 11) is 0. The molecule has 0 aromatic heterocycles. The summed E-state index contributed by atoms with van der Waals surface area (Å²) in [6, 6.07) is 1.32. The smallest absolute Gasteiger partial charge is 0.422 e. The summed E-state index contributed by atoms with van der Waals surface area (Å²) in [5.41, 5.74) is -0.504. The number of ether oxygens (including phenoxy) is 1. The van der Waals surface area contributed by atoms with E-state index in [2.05, 4.69) is 20.7 Å². The molecule has 0 heterocycles. The third-order valence-corrected chi connectivity index (χ3v) is 2.22. The summed E-state index contributed by atoms with van der Waals surface area (Å²) in [5.74, 6) is -2.05. The molecule has 0 atom stereocenters. The SMILES string of the molecule is O=C(Nc1cc(Br)c(F)cc1F)OCC(F)(F)F. The molecule has 100 valence electrons. The highest BCUT2D eigenvalue weighted by atomic mass is 79.9. The predicted octanol–water partition coefficient (Wildman–Crippen LogP) is 3.84. The Morgan fingerprint density at radius 2 is 1.89 bits per heavy atom. The van der Waals surface area contributed by atoms with Crippen molar-refractivity contribution in [2.45, 2.75) is 6.18 Å². The van der Waals surface area contributed by atoms with E-state index in [0.29, 0.717) is 6.07 Å². The van der Waals surface area contributed by atoms with Gasteiger partial charge in [-0.05, 0) is 22.0 Å². The Kier molecular flexibility index (Phi) is 4.49. The highest BCUT2D eigenvalue weighted by Gasteiger charge is 2.29. The number of benzene rings is 1. The van der Waals surface area contributed by atoms with E-state index in [1.54, 1.807) is 5.32 Å². The van der Waals surface area contributed by atoms with E-state index >= 15 is 0 Å². The molecular formula is C9H5BrF5NO2. The fraction of sp³-hybridized carbons (Fsp3) is 0.222. The second kappa shape index (κ2) is 5.51. The largest absolute Gasteiger partial charge is 0.440 e. The number of hydrogen-bond acceptors (Lipinski definition) is 2. The maximum Gasteiger partial charge on any atom is 0.422 e. The summed E-state index contributed by atoms with van der Waals surface area (Å²) < 4.78 is 64.7. The average Bonchev–Trinajstić information content (AvgIpc) is 2.22. The minimum atomic E-state index is -4.68. The number of carbonyl (C=O) groups is 1. The molecule has 0 aliphatic heterocycles. The third kappa shape index (κ3) is 4.47. The number of halogens is 6. The zero-order valence-corrected chi connectivity index (χ0v) is 10.0. The van der Waals surface area contributed by atoms with Crippen molar-refractivity contribution >= 4 is 27.7 Å². The summed E-state index contributed by atoms with van der Waals surface area (Å²) >= 11 is 2.73. The van der Waals surface area contributed by atoms with Crippen LogP contribution in [-0.4, -0.2) is 18.9 Å². The van der Waals surface area contributed by atoms with E-state index in [1.165, 1.54) is 0 Å². The molecule has 1 aromatic carbocycles. The standard InChI is InChI=1S/C9H5BrF5NO2/c10-4-1-7(6(12)2-5(4)11)16-8(17)18-3-9(13,14)15/h1-2H,3H2,(H,16,17). The van der Waals surface area contributed by atoms with Gasteiger partial charge in [-0.15, -0.1) is 0 Å². The molecule has 0 radical (unpaired) electrons. The second-order valence-electron chi connectivity index (χ2n) is 3.06. The number of rotatable bonds is 2. The van der Waals surface area contributed by atoms with Crippen LogP contribution in [0.1, 0.15) is 0 Å². The Morgan fingerprint density at radius 3 is 2.44 bits per heavy atom. The minimum Gasteiger partial charge on any atom is -0.440 e. The molecule has 0 saturated heterocycles. The lowest BCUT2D eigenvalue weighted by molar-refractivity contribution is -0.159. The first-order valence-corrected chi connectivity index (χ1v) is 5.13. The molecule has 18 heavy (non-hydrogen) atoms. The monoisotopic (exact) mass is 333 g/mol. The Hall–Kier alpha value is -1.38. The maximum absolute atomic E-state index is 13.1. The van der Waals surface area contributed by atoms with Crippen molar-refractivity contribution < 1.29 is 31.5 Å². The van der Waals surface area contributed by atoms with Gasteiger partial charge in [-0.2, -0.15) is 13.2 Å². The molecule has 0 bridgehead atoms. The van der Waals surface area contributed by atoms with Crippen LogP contribution < -0.4 is 5.32 Å². The Labute approximate surface area is 106 Å². The first kappa shape index (κ1) is 14.7. The highest BCUT2D eigenvalue weighted by molar-refractivity contribution is 9.10. The van der Waals surface area contributed by atoms with Gasteiger partial charge >= 0.3 is 12.3 Å². The van der Waals surface area contributed by atoms with Gasteiger partial charge < -0.3 is 4.74 Å². The normalized spacial score (nSPS) is 11.2. The summed E-state index contributed by atoms with van der Waals surface area (Å²) in [6.07, 6.45) is -6.18. The number of carbonyl (C=O) groups excluding carboxylic acids is 1.